The van der Waals surface area contributed by atoms with Gasteiger partial charge >= 0.3 is 5.97 Å². The van der Waals surface area contributed by atoms with Crippen LogP contribution in [0.1, 0.15) is 51.2 Å². The van der Waals surface area contributed by atoms with Crippen molar-refractivity contribution >= 4 is 21.9 Å². The number of hydrogen-bond acceptors (Lipinski definition) is 1. The van der Waals surface area contributed by atoms with E-state index in [2.05, 4.69) is 15.9 Å². The van der Waals surface area contributed by atoms with E-state index in [1.54, 1.807) is 12.1 Å². The fourth-order valence-corrected chi connectivity index (χ4v) is 4.45. The molecule has 0 aromatic heterocycles. The Kier molecular flexibility index (Phi) is 4.91. The van der Waals surface area contributed by atoms with E-state index in [1.807, 2.05) is 32.9 Å². The van der Waals surface area contributed by atoms with E-state index in [0.717, 1.165) is 5.56 Å². The second-order valence-electron chi connectivity index (χ2n) is 7.49. The highest BCUT2D eigenvalue weighted by molar-refractivity contribution is 9.08. The molecule has 0 amide bonds. The van der Waals surface area contributed by atoms with Crippen molar-refractivity contribution in [2.24, 2.45) is 11.3 Å². The monoisotopic (exact) mass is 388 g/mol. The van der Waals surface area contributed by atoms with Crippen molar-refractivity contribution in [3.63, 3.8) is 0 Å². The Hall–Kier alpha value is -0.970. The smallest absolute Gasteiger partial charge is 0.314 e. The molecule has 1 saturated carbocycles. The van der Waals surface area contributed by atoms with Gasteiger partial charge in [0.1, 0.15) is 5.41 Å². The normalized spacial score (nSPS) is 23.5. The van der Waals surface area contributed by atoms with Crippen molar-refractivity contribution in [3.05, 3.63) is 35.4 Å². The molecule has 1 N–H and O–H groups in total. The summed E-state index contributed by atoms with van der Waals surface area (Å²) >= 11 is 3.37. The number of alkyl halides is 3. The van der Waals surface area contributed by atoms with Gasteiger partial charge in [0.25, 0.3) is 0 Å². The van der Waals surface area contributed by atoms with Crippen LogP contribution in [0.2, 0.25) is 0 Å². The summed E-state index contributed by atoms with van der Waals surface area (Å²) in [5.74, 6) is -4.36. The first kappa shape index (κ1) is 18.4. The number of hydrogen-bond donors (Lipinski definition) is 1. The maximum absolute atomic E-state index is 13.8. The second-order valence-corrected chi connectivity index (χ2v) is 8.05. The molecule has 2 atom stereocenters. The van der Waals surface area contributed by atoms with Crippen LogP contribution in [0.3, 0.4) is 0 Å². The van der Waals surface area contributed by atoms with Gasteiger partial charge in [-0.3, -0.25) is 4.79 Å². The highest BCUT2D eigenvalue weighted by Crippen LogP contribution is 2.55. The third kappa shape index (κ3) is 3.17. The van der Waals surface area contributed by atoms with Crippen molar-refractivity contribution in [1.29, 1.82) is 0 Å². The lowest BCUT2D eigenvalue weighted by Gasteiger charge is -2.46. The molecule has 128 valence electrons. The molecule has 1 aromatic carbocycles. The third-order valence-electron chi connectivity index (χ3n) is 5.10. The van der Waals surface area contributed by atoms with E-state index in [0.29, 0.717) is 10.9 Å². The number of carbonyl (C=O) groups is 1. The Bertz CT molecular complexity index is 578. The fraction of sp³-hybridized carbons (Fsp3) is 0.611. The van der Waals surface area contributed by atoms with E-state index in [4.69, 9.17) is 0 Å². The van der Waals surface area contributed by atoms with Crippen LogP contribution in [-0.4, -0.2) is 17.0 Å². The maximum Gasteiger partial charge on any atom is 0.314 e. The topological polar surface area (TPSA) is 37.3 Å². The van der Waals surface area contributed by atoms with Gasteiger partial charge in [0.2, 0.25) is 5.92 Å². The van der Waals surface area contributed by atoms with E-state index < -0.39 is 28.6 Å². The van der Waals surface area contributed by atoms with Crippen LogP contribution in [0.15, 0.2) is 24.3 Å². The summed E-state index contributed by atoms with van der Waals surface area (Å²) in [7, 11) is 0. The van der Waals surface area contributed by atoms with Crippen LogP contribution in [0.25, 0.3) is 0 Å². The highest BCUT2D eigenvalue weighted by Gasteiger charge is 2.59. The number of carboxylic acid groups (broad SMARTS) is 1. The van der Waals surface area contributed by atoms with Gasteiger partial charge in [0.05, 0.1) is 0 Å². The Morgan fingerprint density at radius 2 is 1.87 bits per heavy atom. The van der Waals surface area contributed by atoms with Gasteiger partial charge in [-0.2, -0.15) is 0 Å². The minimum Gasteiger partial charge on any atom is -0.481 e. The molecule has 0 aliphatic heterocycles. The van der Waals surface area contributed by atoms with Crippen molar-refractivity contribution in [3.8, 4) is 0 Å². The zero-order chi connectivity index (χ0) is 17.5. The summed E-state index contributed by atoms with van der Waals surface area (Å²) in [6.45, 7) is 5.49. The standard InChI is InChI=1S/C18H23BrF2O2/c1-16(2,3)18(15(22)23,14-8-9-17(20,21)10-14)13-6-4-12(11-19)5-7-13/h4-7,14H,8-11H2,1-3H3,(H,22,23). The molecule has 0 saturated heterocycles. The first-order chi connectivity index (χ1) is 10.5. The molecule has 2 rings (SSSR count). The summed E-state index contributed by atoms with van der Waals surface area (Å²) in [5.41, 5.74) is -0.360. The molecule has 2 unspecified atom stereocenters. The highest BCUT2D eigenvalue weighted by atomic mass is 79.9. The molecule has 1 aromatic rings. The average molecular weight is 389 g/mol. The quantitative estimate of drug-likeness (QED) is 0.702. The molecule has 5 heteroatoms. The molecule has 1 aliphatic carbocycles. The minimum absolute atomic E-state index is 0.233. The van der Waals surface area contributed by atoms with Gasteiger partial charge < -0.3 is 5.11 Å². The lowest BCUT2D eigenvalue weighted by molar-refractivity contribution is -0.152. The second kappa shape index (κ2) is 6.15. The zero-order valence-electron chi connectivity index (χ0n) is 13.7. The van der Waals surface area contributed by atoms with Crippen LogP contribution < -0.4 is 0 Å². The predicted molar refractivity (Wildman–Crippen MR) is 90.1 cm³/mol. The zero-order valence-corrected chi connectivity index (χ0v) is 15.3. The Morgan fingerprint density at radius 1 is 1.30 bits per heavy atom. The molecule has 2 nitrogen and oxygen atoms in total. The van der Waals surface area contributed by atoms with Crippen molar-refractivity contribution in [2.75, 3.05) is 0 Å². The van der Waals surface area contributed by atoms with Gasteiger partial charge in [-0.15, -0.1) is 0 Å². The Labute approximate surface area is 144 Å². The lowest BCUT2D eigenvalue weighted by atomic mass is 9.55. The van der Waals surface area contributed by atoms with Crippen LogP contribution in [0, 0.1) is 11.3 Å². The summed E-state index contributed by atoms with van der Waals surface area (Å²) in [5, 5.41) is 10.8. The SMILES string of the molecule is CC(C)(C)C(C(=O)O)(c1ccc(CBr)cc1)C1CCC(F)(F)C1. The van der Waals surface area contributed by atoms with E-state index in [1.165, 1.54) is 0 Å². The van der Waals surface area contributed by atoms with Crippen LogP contribution >= 0.6 is 15.9 Å². The average Bonchev–Trinajstić information content (AvgIpc) is 2.78. The van der Waals surface area contributed by atoms with Gasteiger partial charge in [0.15, 0.2) is 0 Å². The van der Waals surface area contributed by atoms with Gasteiger partial charge in [-0.05, 0) is 28.9 Å². The Morgan fingerprint density at radius 3 is 2.22 bits per heavy atom. The van der Waals surface area contributed by atoms with E-state index >= 15 is 0 Å². The van der Waals surface area contributed by atoms with Crippen molar-refractivity contribution in [1.82, 2.24) is 0 Å². The molecular weight excluding hydrogens is 366 g/mol. The minimum atomic E-state index is -2.77. The lowest BCUT2D eigenvalue weighted by Crippen LogP contribution is -2.52. The first-order valence-corrected chi connectivity index (χ1v) is 8.93. The summed E-state index contributed by atoms with van der Waals surface area (Å²) in [6, 6.07) is 7.29. The molecule has 1 aliphatic rings. The van der Waals surface area contributed by atoms with Crippen molar-refractivity contribution in [2.45, 2.75) is 56.7 Å². The fourth-order valence-electron chi connectivity index (χ4n) is 4.08. The molecule has 0 heterocycles. The molecule has 1 fully saturated rings. The number of rotatable bonds is 4. The molecule has 23 heavy (non-hydrogen) atoms. The number of halogens is 3. The van der Waals surface area contributed by atoms with E-state index in [9.17, 15) is 18.7 Å². The van der Waals surface area contributed by atoms with Crippen LogP contribution in [-0.2, 0) is 15.5 Å². The molecule has 0 bridgehead atoms. The summed E-state index contributed by atoms with van der Waals surface area (Å²) in [4.78, 5) is 12.4. The van der Waals surface area contributed by atoms with Crippen molar-refractivity contribution < 1.29 is 18.7 Å². The molecular formula is C18H23BrF2O2. The first-order valence-electron chi connectivity index (χ1n) is 7.81. The van der Waals surface area contributed by atoms with Crippen LogP contribution in [0.5, 0.6) is 0 Å². The largest absolute Gasteiger partial charge is 0.481 e. The third-order valence-corrected chi connectivity index (χ3v) is 5.75. The number of aliphatic carboxylic acids is 1. The summed E-state index contributed by atoms with van der Waals surface area (Å²) in [6.07, 6.45) is -0.365. The molecule has 0 radical (unpaired) electrons. The van der Waals surface area contributed by atoms with E-state index in [-0.39, 0.29) is 19.3 Å². The van der Waals surface area contributed by atoms with Crippen LogP contribution in [0.4, 0.5) is 8.78 Å². The Balaban J connectivity index is 2.60. The summed E-state index contributed by atoms with van der Waals surface area (Å²) < 4.78 is 27.6. The maximum atomic E-state index is 13.8. The van der Waals surface area contributed by atoms with Gasteiger partial charge in [-0.25, -0.2) is 8.78 Å². The predicted octanol–water partition coefficient (Wildman–Crippen LogP) is 5.39. The number of benzene rings is 1. The van der Waals surface area contributed by atoms with Gasteiger partial charge in [-0.1, -0.05) is 61.0 Å². The number of carboxylic acids is 1. The molecule has 0 spiro atoms. The van der Waals surface area contributed by atoms with Gasteiger partial charge in [0, 0.05) is 18.2 Å².